The number of aromatic hydroxyl groups is 1. The van der Waals surface area contributed by atoms with Crippen LogP contribution in [0.25, 0.3) is 0 Å². The van der Waals surface area contributed by atoms with Crippen LogP contribution in [-0.4, -0.2) is 40.2 Å². The van der Waals surface area contributed by atoms with Crippen molar-refractivity contribution < 1.29 is 15.0 Å². The molecule has 3 rings (SSSR count). The minimum atomic E-state index is -0.423. The lowest BCUT2D eigenvalue weighted by atomic mass is 9.92. The van der Waals surface area contributed by atoms with Crippen LogP contribution in [0.15, 0.2) is 48.5 Å². The van der Waals surface area contributed by atoms with Crippen molar-refractivity contribution in [2.75, 3.05) is 13.1 Å². The van der Waals surface area contributed by atoms with Gasteiger partial charge in [-0.1, -0.05) is 36.4 Å². The molecule has 2 unspecified atom stereocenters. The highest BCUT2D eigenvalue weighted by Gasteiger charge is 2.28. The first-order valence-corrected chi connectivity index (χ1v) is 8.87. The van der Waals surface area contributed by atoms with E-state index in [2.05, 4.69) is 0 Å². The highest BCUT2D eigenvalue weighted by atomic mass is 16.3. The van der Waals surface area contributed by atoms with Gasteiger partial charge in [0.25, 0.3) is 5.91 Å². The fourth-order valence-electron chi connectivity index (χ4n) is 3.45. The molecule has 0 radical (unpaired) electrons. The second-order valence-corrected chi connectivity index (χ2v) is 6.91. The van der Waals surface area contributed by atoms with E-state index in [-0.39, 0.29) is 17.6 Å². The zero-order valence-electron chi connectivity index (χ0n) is 14.6. The molecule has 0 saturated carbocycles. The number of phenolic OH excluding ortho intramolecular Hbond substituents is 1. The van der Waals surface area contributed by atoms with Crippen LogP contribution in [0, 0.1) is 5.92 Å². The smallest absolute Gasteiger partial charge is 0.257 e. The monoisotopic (exact) mass is 339 g/mol. The van der Waals surface area contributed by atoms with Gasteiger partial charge in [-0.25, -0.2) is 0 Å². The highest BCUT2D eigenvalue weighted by Crippen LogP contribution is 2.26. The van der Waals surface area contributed by atoms with Crippen molar-refractivity contribution in [3.63, 3.8) is 0 Å². The number of carbonyl (C=O) groups is 1. The van der Waals surface area contributed by atoms with Gasteiger partial charge in [-0.15, -0.1) is 0 Å². The third-order valence-electron chi connectivity index (χ3n) is 4.97. The second kappa shape index (κ2) is 7.70. The molecule has 1 aliphatic rings. The predicted octanol–water partition coefficient (Wildman–Crippen LogP) is 3.22. The molecule has 0 spiro atoms. The first kappa shape index (κ1) is 17.5. The molecule has 2 aromatic carbocycles. The fraction of sp³-hybridized carbons (Fsp3) is 0.381. The van der Waals surface area contributed by atoms with Crippen LogP contribution in [0.4, 0.5) is 0 Å². The predicted molar refractivity (Wildman–Crippen MR) is 97.7 cm³/mol. The topological polar surface area (TPSA) is 60.8 Å². The summed E-state index contributed by atoms with van der Waals surface area (Å²) >= 11 is 0. The fourth-order valence-corrected chi connectivity index (χ4v) is 3.45. The van der Waals surface area contributed by atoms with E-state index in [1.54, 1.807) is 24.0 Å². The van der Waals surface area contributed by atoms with E-state index in [0.29, 0.717) is 18.7 Å². The van der Waals surface area contributed by atoms with Gasteiger partial charge >= 0.3 is 0 Å². The molecule has 25 heavy (non-hydrogen) atoms. The Hall–Kier alpha value is -2.33. The van der Waals surface area contributed by atoms with Crippen molar-refractivity contribution in [3.8, 4) is 5.75 Å². The Kier molecular flexibility index (Phi) is 5.39. The number of hydrogen-bond donors (Lipinski definition) is 2. The Labute approximate surface area is 148 Å². The standard InChI is InChI=1S/C21H25NO3/c1-15(23)18-8-5-11-22(14-18)21(25)19-13-17(9-10-20(19)24)12-16-6-3-2-4-7-16/h2-4,6-7,9-10,13,15,18,23-24H,5,8,11-12,14H2,1H3. The molecule has 4 nitrogen and oxygen atoms in total. The van der Waals surface area contributed by atoms with Crippen LogP contribution in [0.1, 0.15) is 41.3 Å². The van der Waals surface area contributed by atoms with Crippen molar-refractivity contribution in [3.05, 3.63) is 65.2 Å². The second-order valence-electron chi connectivity index (χ2n) is 6.91. The Bertz CT molecular complexity index is 727. The third-order valence-corrected chi connectivity index (χ3v) is 4.97. The van der Waals surface area contributed by atoms with Crippen molar-refractivity contribution in [2.24, 2.45) is 5.92 Å². The van der Waals surface area contributed by atoms with Gasteiger partial charge in [-0.2, -0.15) is 0 Å². The molecule has 0 aromatic heterocycles. The number of amides is 1. The summed E-state index contributed by atoms with van der Waals surface area (Å²) in [5.41, 5.74) is 2.51. The summed E-state index contributed by atoms with van der Waals surface area (Å²) < 4.78 is 0. The summed E-state index contributed by atoms with van der Waals surface area (Å²) in [6.45, 7) is 2.99. The Morgan fingerprint density at radius 3 is 2.68 bits per heavy atom. The molecular formula is C21H25NO3. The van der Waals surface area contributed by atoms with Crippen LogP contribution in [0.5, 0.6) is 5.75 Å². The largest absolute Gasteiger partial charge is 0.507 e. The maximum absolute atomic E-state index is 12.9. The first-order chi connectivity index (χ1) is 12.0. The van der Waals surface area contributed by atoms with E-state index in [4.69, 9.17) is 0 Å². The van der Waals surface area contributed by atoms with Crippen LogP contribution < -0.4 is 0 Å². The zero-order valence-corrected chi connectivity index (χ0v) is 14.6. The number of hydrogen-bond acceptors (Lipinski definition) is 3. The lowest BCUT2D eigenvalue weighted by molar-refractivity contribution is 0.0464. The van der Waals surface area contributed by atoms with Gasteiger partial charge in [-0.05, 0) is 49.4 Å². The molecule has 2 N–H and O–H groups in total. The van der Waals surface area contributed by atoms with Crippen molar-refractivity contribution in [1.29, 1.82) is 0 Å². The van der Waals surface area contributed by atoms with Crippen LogP contribution in [0.2, 0.25) is 0 Å². The van der Waals surface area contributed by atoms with E-state index >= 15 is 0 Å². The van der Waals surface area contributed by atoms with Gasteiger partial charge in [0.15, 0.2) is 0 Å². The van der Waals surface area contributed by atoms with Crippen LogP contribution in [-0.2, 0) is 6.42 Å². The lowest BCUT2D eigenvalue weighted by Gasteiger charge is -2.34. The maximum atomic E-state index is 12.9. The molecule has 132 valence electrons. The third kappa shape index (κ3) is 4.20. The highest BCUT2D eigenvalue weighted by molar-refractivity contribution is 5.97. The number of phenols is 1. The van der Waals surface area contributed by atoms with Crippen molar-refractivity contribution >= 4 is 5.91 Å². The molecule has 2 atom stereocenters. The van der Waals surface area contributed by atoms with Crippen molar-refractivity contribution in [1.82, 2.24) is 4.90 Å². The SMILES string of the molecule is CC(O)C1CCCN(C(=O)c2cc(Cc3ccccc3)ccc2O)C1. The summed E-state index contributed by atoms with van der Waals surface area (Å²) in [4.78, 5) is 14.6. The summed E-state index contributed by atoms with van der Waals surface area (Å²) in [5, 5.41) is 20.0. The molecule has 0 aliphatic carbocycles. The Balaban J connectivity index is 1.79. The maximum Gasteiger partial charge on any atom is 0.257 e. The molecular weight excluding hydrogens is 314 g/mol. The average molecular weight is 339 g/mol. The van der Waals surface area contributed by atoms with Gasteiger partial charge in [0, 0.05) is 19.0 Å². The van der Waals surface area contributed by atoms with Gasteiger partial charge in [0.05, 0.1) is 11.7 Å². The number of likely N-dealkylation sites (tertiary alicyclic amines) is 1. The van der Waals surface area contributed by atoms with Crippen molar-refractivity contribution in [2.45, 2.75) is 32.3 Å². The van der Waals surface area contributed by atoms with E-state index in [1.807, 2.05) is 36.4 Å². The molecule has 1 amide bonds. The molecule has 4 heteroatoms. The summed E-state index contributed by atoms with van der Waals surface area (Å²) in [5.74, 6) is -0.0360. The minimum Gasteiger partial charge on any atom is -0.507 e. The molecule has 1 saturated heterocycles. The zero-order chi connectivity index (χ0) is 17.8. The molecule has 1 aliphatic heterocycles. The number of aliphatic hydroxyl groups excluding tert-OH is 1. The van der Waals surface area contributed by atoms with E-state index < -0.39 is 6.10 Å². The van der Waals surface area contributed by atoms with Gasteiger partial charge in [0.1, 0.15) is 5.75 Å². The summed E-state index contributed by atoms with van der Waals surface area (Å²) in [6.07, 6.45) is 2.11. The number of rotatable bonds is 4. The Morgan fingerprint density at radius 2 is 1.96 bits per heavy atom. The quantitative estimate of drug-likeness (QED) is 0.899. The van der Waals surface area contributed by atoms with Gasteiger partial charge < -0.3 is 15.1 Å². The van der Waals surface area contributed by atoms with E-state index in [0.717, 1.165) is 24.8 Å². The lowest BCUT2D eigenvalue weighted by Crippen LogP contribution is -2.43. The minimum absolute atomic E-state index is 0.0148. The molecule has 1 fully saturated rings. The van der Waals surface area contributed by atoms with Crippen LogP contribution in [0.3, 0.4) is 0 Å². The number of benzene rings is 2. The molecule has 2 aromatic rings. The number of piperidine rings is 1. The molecule has 0 bridgehead atoms. The first-order valence-electron chi connectivity index (χ1n) is 8.87. The summed E-state index contributed by atoms with van der Waals surface area (Å²) in [6, 6.07) is 15.3. The normalized spacial score (nSPS) is 18.8. The van der Waals surface area contributed by atoms with Gasteiger partial charge in [-0.3, -0.25) is 4.79 Å². The van der Waals surface area contributed by atoms with E-state index in [9.17, 15) is 15.0 Å². The summed E-state index contributed by atoms with van der Waals surface area (Å²) in [7, 11) is 0. The van der Waals surface area contributed by atoms with Crippen LogP contribution >= 0.6 is 0 Å². The Morgan fingerprint density at radius 1 is 1.20 bits per heavy atom. The number of aliphatic hydroxyl groups is 1. The number of nitrogens with zero attached hydrogens (tertiary/aromatic N) is 1. The van der Waals surface area contributed by atoms with Gasteiger partial charge in [0.2, 0.25) is 0 Å². The number of carbonyl (C=O) groups excluding carboxylic acids is 1. The molecule has 1 heterocycles. The van der Waals surface area contributed by atoms with E-state index in [1.165, 1.54) is 5.56 Å². The average Bonchev–Trinajstić information content (AvgIpc) is 2.63.